The Bertz CT molecular complexity index is 1350. The molecule has 2 N–H and O–H groups in total. The highest BCUT2D eigenvalue weighted by molar-refractivity contribution is 6.10. The highest BCUT2D eigenvalue weighted by Crippen LogP contribution is 2.53. The molecule has 4 heterocycles. The van der Waals surface area contributed by atoms with Crippen molar-refractivity contribution in [3.05, 3.63) is 77.9 Å². The second-order valence-corrected chi connectivity index (χ2v) is 8.25. The van der Waals surface area contributed by atoms with Crippen LogP contribution in [0.5, 0.6) is 11.5 Å². The molecule has 0 fully saturated rings. The molecular weight excluding hydrogens is 418 g/mol. The summed E-state index contributed by atoms with van der Waals surface area (Å²) in [7, 11) is 1.64. The second kappa shape index (κ2) is 7.25. The van der Waals surface area contributed by atoms with Gasteiger partial charge in [-0.15, -0.1) is 0 Å². The molecule has 1 spiro atoms. The number of carbonyl (C=O) groups is 1. The average molecular weight is 439 g/mol. The molecule has 3 aliphatic heterocycles. The highest BCUT2D eigenvalue weighted by atomic mass is 16.5. The topological polar surface area (TPSA) is 103 Å². The van der Waals surface area contributed by atoms with Crippen molar-refractivity contribution in [1.29, 1.82) is 0 Å². The molecule has 0 aliphatic carbocycles. The molecule has 1 unspecified atom stereocenters. The van der Waals surface area contributed by atoms with E-state index in [1.165, 1.54) is 16.8 Å². The molecule has 3 aromatic rings. The summed E-state index contributed by atoms with van der Waals surface area (Å²) in [6, 6.07) is 11.6. The maximum absolute atomic E-state index is 13.8. The lowest BCUT2D eigenvalue weighted by Gasteiger charge is -2.34. The van der Waals surface area contributed by atoms with Gasteiger partial charge in [0.05, 0.1) is 13.2 Å². The van der Waals surface area contributed by atoms with Gasteiger partial charge in [-0.2, -0.15) is 0 Å². The number of ether oxygens (including phenoxy) is 2. The van der Waals surface area contributed by atoms with E-state index >= 15 is 0 Å². The number of aliphatic imine (C=N–C) groups is 1. The standard InChI is InChI=1S/C25H21N5O3/c1-30-23(31)25(29-24(30)26)19-10-16(15-6-8-32-9-7-15)2-4-21(19)33-22-5-3-17(11-20(22)25)18-12-27-14-28-13-18/h2-6,10-14H,7-9H2,1H3,(H2,26,29). The maximum Gasteiger partial charge on any atom is 0.266 e. The van der Waals surface area contributed by atoms with E-state index in [1.807, 2.05) is 36.4 Å². The third kappa shape index (κ3) is 2.87. The Labute approximate surface area is 190 Å². The van der Waals surface area contributed by atoms with Crippen molar-refractivity contribution in [3.63, 3.8) is 0 Å². The van der Waals surface area contributed by atoms with E-state index in [9.17, 15) is 4.79 Å². The minimum Gasteiger partial charge on any atom is -0.457 e. The number of hydrogen-bond donors (Lipinski definition) is 1. The predicted molar refractivity (Wildman–Crippen MR) is 123 cm³/mol. The number of fused-ring (bicyclic) bond motifs is 4. The van der Waals surface area contributed by atoms with Crippen LogP contribution < -0.4 is 10.5 Å². The summed E-state index contributed by atoms with van der Waals surface area (Å²) in [5, 5.41) is 0. The summed E-state index contributed by atoms with van der Waals surface area (Å²) in [6.07, 6.45) is 7.82. The zero-order chi connectivity index (χ0) is 22.6. The lowest BCUT2D eigenvalue weighted by atomic mass is 9.78. The first-order valence-electron chi connectivity index (χ1n) is 10.7. The Morgan fingerprint density at radius 2 is 1.70 bits per heavy atom. The quantitative estimate of drug-likeness (QED) is 0.658. The number of guanidine groups is 1. The number of hydrogen-bond acceptors (Lipinski definition) is 7. The van der Waals surface area contributed by atoms with Crippen LogP contribution in [0.3, 0.4) is 0 Å². The van der Waals surface area contributed by atoms with Gasteiger partial charge in [-0.3, -0.25) is 9.69 Å². The second-order valence-electron chi connectivity index (χ2n) is 8.25. The summed E-state index contributed by atoms with van der Waals surface area (Å²) in [5.74, 6) is 1.12. The van der Waals surface area contributed by atoms with Crippen LogP contribution in [0.25, 0.3) is 16.7 Å². The van der Waals surface area contributed by atoms with Gasteiger partial charge in [0.2, 0.25) is 5.54 Å². The van der Waals surface area contributed by atoms with Gasteiger partial charge in [-0.25, -0.2) is 15.0 Å². The lowest BCUT2D eigenvalue weighted by Crippen LogP contribution is -2.42. The molecule has 0 bridgehead atoms. The fourth-order valence-corrected chi connectivity index (χ4v) is 4.68. The van der Waals surface area contributed by atoms with Gasteiger partial charge in [0.15, 0.2) is 5.96 Å². The molecule has 8 heteroatoms. The fraction of sp³-hybridized carbons (Fsp3) is 0.200. The van der Waals surface area contributed by atoms with Crippen molar-refractivity contribution in [3.8, 4) is 22.6 Å². The molecule has 0 saturated heterocycles. The Morgan fingerprint density at radius 3 is 2.33 bits per heavy atom. The van der Waals surface area contributed by atoms with E-state index in [0.29, 0.717) is 35.8 Å². The van der Waals surface area contributed by atoms with Gasteiger partial charge in [-0.1, -0.05) is 18.2 Å². The van der Waals surface area contributed by atoms with Gasteiger partial charge in [0, 0.05) is 36.1 Å². The minimum absolute atomic E-state index is 0.169. The van der Waals surface area contributed by atoms with Crippen molar-refractivity contribution in [2.45, 2.75) is 12.0 Å². The average Bonchev–Trinajstić information content (AvgIpc) is 3.09. The first-order chi connectivity index (χ1) is 16.1. The number of rotatable bonds is 2. The van der Waals surface area contributed by atoms with Gasteiger partial charge >= 0.3 is 0 Å². The molecule has 1 amide bonds. The van der Waals surface area contributed by atoms with Crippen LogP contribution in [0, 0.1) is 0 Å². The van der Waals surface area contributed by atoms with E-state index in [0.717, 1.165) is 23.1 Å². The molecule has 0 saturated carbocycles. The first kappa shape index (κ1) is 19.6. The normalized spacial score (nSPS) is 21.2. The number of benzene rings is 2. The smallest absolute Gasteiger partial charge is 0.266 e. The largest absolute Gasteiger partial charge is 0.457 e. The van der Waals surface area contributed by atoms with Crippen LogP contribution >= 0.6 is 0 Å². The van der Waals surface area contributed by atoms with E-state index in [-0.39, 0.29) is 11.9 Å². The van der Waals surface area contributed by atoms with Gasteiger partial charge < -0.3 is 15.2 Å². The SMILES string of the molecule is CN1C(=O)C2(N=C1N)c1cc(C3=CCOCC3)ccc1Oc1ccc(-c3cncnc3)cc12. The number of aromatic nitrogens is 2. The molecule has 1 atom stereocenters. The molecule has 33 heavy (non-hydrogen) atoms. The van der Waals surface area contributed by atoms with Gasteiger partial charge in [0.25, 0.3) is 5.91 Å². The zero-order valence-electron chi connectivity index (χ0n) is 18.0. The van der Waals surface area contributed by atoms with Crippen LogP contribution in [-0.2, 0) is 15.1 Å². The van der Waals surface area contributed by atoms with Crippen LogP contribution in [-0.4, -0.2) is 47.0 Å². The van der Waals surface area contributed by atoms with Gasteiger partial charge in [0.1, 0.15) is 17.8 Å². The minimum atomic E-state index is -1.32. The molecule has 6 rings (SSSR count). The van der Waals surface area contributed by atoms with Crippen molar-refractivity contribution < 1.29 is 14.3 Å². The highest BCUT2D eigenvalue weighted by Gasteiger charge is 2.54. The summed E-state index contributed by atoms with van der Waals surface area (Å²) in [5.41, 5.74) is 10.1. The lowest BCUT2D eigenvalue weighted by molar-refractivity contribution is -0.129. The molecule has 0 radical (unpaired) electrons. The van der Waals surface area contributed by atoms with E-state index in [4.69, 9.17) is 20.2 Å². The van der Waals surface area contributed by atoms with Crippen molar-refractivity contribution in [1.82, 2.24) is 14.9 Å². The summed E-state index contributed by atoms with van der Waals surface area (Å²) >= 11 is 0. The van der Waals surface area contributed by atoms with Crippen LogP contribution in [0.2, 0.25) is 0 Å². The van der Waals surface area contributed by atoms with Crippen LogP contribution in [0.15, 0.2) is 66.2 Å². The number of amides is 1. The number of nitrogens with zero attached hydrogens (tertiary/aromatic N) is 4. The third-order valence-electron chi connectivity index (χ3n) is 6.43. The van der Waals surface area contributed by atoms with E-state index in [1.54, 1.807) is 19.4 Å². The maximum atomic E-state index is 13.8. The summed E-state index contributed by atoms with van der Waals surface area (Å²) in [6.45, 7) is 1.24. The number of likely N-dealkylation sites (N-methyl/N-ethyl adjacent to an activating group) is 1. The molecule has 1 aromatic heterocycles. The Hall–Kier alpha value is -4.04. The molecule has 2 aromatic carbocycles. The number of nitrogens with two attached hydrogens (primary N) is 1. The Morgan fingerprint density at radius 1 is 1.00 bits per heavy atom. The number of carbonyl (C=O) groups excluding carboxylic acids is 1. The van der Waals surface area contributed by atoms with Crippen molar-refractivity contribution in [2.75, 3.05) is 20.3 Å². The van der Waals surface area contributed by atoms with Crippen molar-refractivity contribution >= 4 is 17.4 Å². The van der Waals surface area contributed by atoms with Crippen LogP contribution in [0.1, 0.15) is 23.1 Å². The Balaban J connectivity index is 1.59. The Kier molecular flexibility index (Phi) is 4.31. The molecule has 164 valence electrons. The first-order valence-corrected chi connectivity index (χ1v) is 10.7. The summed E-state index contributed by atoms with van der Waals surface area (Å²) < 4.78 is 11.7. The molecular formula is C25H21N5O3. The zero-order valence-corrected chi connectivity index (χ0v) is 18.0. The van der Waals surface area contributed by atoms with Crippen molar-refractivity contribution in [2.24, 2.45) is 10.7 Å². The molecule has 3 aliphatic rings. The van der Waals surface area contributed by atoms with E-state index in [2.05, 4.69) is 16.0 Å². The fourth-order valence-electron chi connectivity index (χ4n) is 4.68. The predicted octanol–water partition coefficient (Wildman–Crippen LogP) is 3.08. The summed E-state index contributed by atoms with van der Waals surface area (Å²) in [4.78, 5) is 28.2. The molecule has 8 nitrogen and oxygen atoms in total. The van der Waals surface area contributed by atoms with Gasteiger partial charge in [-0.05, 0) is 47.4 Å². The monoisotopic (exact) mass is 439 g/mol. The van der Waals surface area contributed by atoms with Crippen LogP contribution in [0.4, 0.5) is 0 Å². The third-order valence-corrected chi connectivity index (χ3v) is 6.43. The van der Waals surface area contributed by atoms with E-state index < -0.39 is 5.54 Å².